The molecule has 0 unspecified atom stereocenters. The van der Waals surface area contributed by atoms with Crippen molar-refractivity contribution in [3.8, 4) is 0 Å². The summed E-state index contributed by atoms with van der Waals surface area (Å²) < 4.78 is 4.64. The van der Waals surface area contributed by atoms with Crippen molar-refractivity contribution >= 4 is 5.97 Å². The molecule has 1 aliphatic heterocycles. The molecule has 0 amide bonds. The molecule has 2 heteroatoms. The van der Waals surface area contributed by atoms with Crippen LogP contribution in [-0.4, -0.2) is 12.1 Å². The predicted octanol–water partition coefficient (Wildman–Crippen LogP) is 0.734. The lowest BCUT2D eigenvalue weighted by Gasteiger charge is -2.29. The van der Waals surface area contributed by atoms with Crippen molar-refractivity contribution in [1.82, 2.24) is 0 Å². The highest BCUT2D eigenvalue weighted by atomic mass is 16.6. The van der Waals surface area contributed by atoms with Crippen molar-refractivity contribution < 1.29 is 9.53 Å². The first kappa shape index (κ1) is 5.35. The van der Waals surface area contributed by atoms with Crippen LogP contribution in [0.5, 0.6) is 0 Å². The minimum atomic E-state index is -0.116. The summed E-state index contributed by atoms with van der Waals surface area (Å²) in [5, 5.41) is 0. The second-order valence-electron chi connectivity index (χ2n) is 1.93. The zero-order chi connectivity index (χ0) is 6.15. The number of carbonyl (C=O) groups is 1. The summed E-state index contributed by atoms with van der Waals surface area (Å²) in [5.74, 6) is -0.0811. The van der Waals surface area contributed by atoms with Crippen LogP contribution in [0.1, 0.15) is 6.92 Å². The maximum absolute atomic E-state index is 10.3. The summed E-state index contributed by atoms with van der Waals surface area (Å²) in [6.45, 7) is 5.32. The molecule has 1 fully saturated rings. The van der Waals surface area contributed by atoms with Gasteiger partial charge in [-0.3, -0.25) is 4.79 Å². The zero-order valence-electron chi connectivity index (χ0n) is 4.76. The Labute approximate surface area is 48.1 Å². The molecule has 2 atom stereocenters. The first-order valence-corrected chi connectivity index (χ1v) is 2.58. The number of ether oxygens (including phenoxy) is 1. The van der Waals surface area contributed by atoms with Gasteiger partial charge in [0.15, 0.2) is 0 Å². The van der Waals surface area contributed by atoms with Crippen LogP contribution < -0.4 is 0 Å². The van der Waals surface area contributed by atoms with E-state index in [-0.39, 0.29) is 18.0 Å². The van der Waals surface area contributed by atoms with Crippen molar-refractivity contribution in [2.45, 2.75) is 13.0 Å². The monoisotopic (exact) mass is 112 g/mol. The number of cyclic esters (lactones) is 1. The van der Waals surface area contributed by atoms with Gasteiger partial charge in [-0.15, -0.1) is 0 Å². The molecule has 0 aromatic heterocycles. The highest BCUT2D eigenvalue weighted by Gasteiger charge is 2.35. The first-order chi connectivity index (χ1) is 3.75. The van der Waals surface area contributed by atoms with E-state index in [1.165, 1.54) is 0 Å². The van der Waals surface area contributed by atoms with Gasteiger partial charge in [0.2, 0.25) is 0 Å². The molecule has 2 nitrogen and oxygen atoms in total. The van der Waals surface area contributed by atoms with E-state index >= 15 is 0 Å². The fourth-order valence-electron chi connectivity index (χ4n) is 0.658. The van der Waals surface area contributed by atoms with Crippen LogP contribution in [0.3, 0.4) is 0 Å². The average Bonchev–Trinajstić information content (AvgIpc) is 1.81. The number of esters is 1. The van der Waals surface area contributed by atoms with E-state index < -0.39 is 0 Å². The third-order valence-electron chi connectivity index (χ3n) is 1.35. The van der Waals surface area contributed by atoms with Gasteiger partial charge in [0.25, 0.3) is 0 Å². The summed E-state index contributed by atoms with van der Waals surface area (Å²) in [4.78, 5) is 10.3. The quantitative estimate of drug-likeness (QED) is 0.369. The maximum Gasteiger partial charge on any atom is 0.313 e. The van der Waals surface area contributed by atoms with Gasteiger partial charge >= 0.3 is 5.97 Å². The lowest BCUT2D eigenvalue weighted by Crippen LogP contribution is -2.41. The normalized spacial score (nSPS) is 35.4. The zero-order valence-corrected chi connectivity index (χ0v) is 4.76. The predicted molar refractivity (Wildman–Crippen MR) is 29.2 cm³/mol. The van der Waals surface area contributed by atoms with Gasteiger partial charge in [-0.05, 0) is 6.92 Å². The highest BCUT2D eigenvalue weighted by molar-refractivity contribution is 5.78. The summed E-state index contributed by atoms with van der Waals surface area (Å²) in [6.07, 6.45) is 1.62. The van der Waals surface area contributed by atoms with Gasteiger partial charge in [0, 0.05) is 0 Å². The van der Waals surface area contributed by atoms with Gasteiger partial charge in [0.05, 0.1) is 5.92 Å². The van der Waals surface area contributed by atoms with Crippen LogP contribution in [-0.2, 0) is 9.53 Å². The Hall–Kier alpha value is -0.790. The van der Waals surface area contributed by atoms with Crippen molar-refractivity contribution in [3.05, 3.63) is 12.7 Å². The Balaban J connectivity index is 2.47. The number of rotatable bonds is 1. The van der Waals surface area contributed by atoms with E-state index in [0.717, 1.165) is 0 Å². The molecule has 44 valence electrons. The van der Waals surface area contributed by atoms with Crippen LogP contribution in [0.2, 0.25) is 0 Å². The molecule has 1 saturated heterocycles. The number of carbonyl (C=O) groups excluding carboxylic acids is 1. The van der Waals surface area contributed by atoms with Crippen LogP contribution >= 0.6 is 0 Å². The molecular formula is C6H8O2. The Morgan fingerprint density at radius 2 is 2.50 bits per heavy atom. The minimum absolute atomic E-state index is 0.0255. The lowest BCUT2D eigenvalue weighted by molar-refractivity contribution is -0.176. The molecule has 1 rings (SSSR count). The molecule has 0 saturated carbocycles. The summed E-state index contributed by atoms with van der Waals surface area (Å²) in [7, 11) is 0. The van der Waals surface area contributed by atoms with Crippen LogP contribution in [0, 0.1) is 5.92 Å². The largest absolute Gasteiger partial charge is 0.457 e. The molecule has 0 spiro atoms. The fourth-order valence-corrected chi connectivity index (χ4v) is 0.658. The molecule has 8 heavy (non-hydrogen) atoms. The van der Waals surface area contributed by atoms with Gasteiger partial charge in [-0.2, -0.15) is 0 Å². The molecule has 0 radical (unpaired) electrons. The Morgan fingerprint density at radius 1 is 1.88 bits per heavy atom. The van der Waals surface area contributed by atoms with Crippen molar-refractivity contribution in [2.75, 3.05) is 0 Å². The maximum atomic E-state index is 10.3. The lowest BCUT2D eigenvalue weighted by atomic mass is 10.00. The molecule has 1 aliphatic rings. The van der Waals surface area contributed by atoms with E-state index in [4.69, 9.17) is 0 Å². The summed E-state index contributed by atoms with van der Waals surface area (Å²) in [6, 6.07) is 0. The standard InChI is InChI=1S/C6H8O2/c1-3-5-4(2)6(7)8-5/h3-5H,1H2,2H3/t4-,5-/m0/s1. The van der Waals surface area contributed by atoms with Crippen LogP contribution in [0.15, 0.2) is 12.7 Å². The van der Waals surface area contributed by atoms with E-state index in [1.807, 2.05) is 6.92 Å². The molecule has 0 aliphatic carbocycles. The molecule has 0 N–H and O–H groups in total. The average molecular weight is 112 g/mol. The Morgan fingerprint density at radius 3 is 2.62 bits per heavy atom. The van der Waals surface area contributed by atoms with Crippen LogP contribution in [0.4, 0.5) is 0 Å². The van der Waals surface area contributed by atoms with Gasteiger partial charge in [0.1, 0.15) is 6.10 Å². The SMILES string of the molecule is C=C[C@@H]1OC(=O)[C@H]1C. The second kappa shape index (κ2) is 1.62. The van der Waals surface area contributed by atoms with E-state index in [2.05, 4.69) is 11.3 Å². The topological polar surface area (TPSA) is 26.3 Å². The fraction of sp³-hybridized carbons (Fsp3) is 0.500. The van der Waals surface area contributed by atoms with Crippen molar-refractivity contribution in [3.63, 3.8) is 0 Å². The number of hydrogen-bond donors (Lipinski definition) is 0. The van der Waals surface area contributed by atoms with Crippen molar-refractivity contribution in [1.29, 1.82) is 0 Å². The van der Waals surface area contributed by atoms with Gasteiger partial charge in [-0.25, -0.2) is 0 Å². The highest BCUT2D eigenvalue weighted by Crippen LogP contribution is 2.21. The minimum Gasteiger partial charge on any atom is -0.457 e. The summed E-state index contributed by atoms with van der Waals surface area (Å²) in [5.41, 5.74) is 0. The van der Waals surface area contributed by atoms with Crippen LogP contribution in [0.25, 0.3) is 0 Å². The smallest absolute Gasteiger partial charge is 0.313 e. The van der Waals surface area contributed by atoms with E-state index in [0.29, 0.717) is 0 Å². The second-order valence-corrected chi connectivity index (χ2v) is 1.93. The molecule has 0 aromatic carbocycles. The third-order valence-corrected chi connectivity index (χ3v) is 1.35. The third kappa shape index (κ3) is 0.529. The molecular weight excluding hydrogens is 104 g/mol. The summed E-state index contributed by atoms with van der Waals surface area (Å²) >= 11 is 0. The molecule has 0 bridgehead atoms. The molecule has 0 aromatic rings. The Bertz CT molecular complexity index is 128. The van der Waals surface area contributed by atoms with E-state index in [9.17, 15) is 4.79 Å². The van der Waals surface area contributed by atoms with Crippen molar-refractivity contribution in [2.24, 2.45) is 5.92 Å². The number of hydrogen-bond acceptors (Lipinski definition) is 2. The van der Waals surface area contributed by atoms with E-state index in [1.54, 1.807) is 6.08 Å². The molecule has 1 heterocycles. The van der Waals surface area contributed by atoms with Gasteiger partial charge < -0.3 is 4.74 Å². The van der Waals surface area contributed by atoms with Gasteiger partial charge in [-0.1, -0.05) is 12.7 Å². The first-order valence-electron chi connectivity index (χ1n) is 2.58. The Kier molecular flexibility index (Phi) is 1.08.